The number of halogens is 1. The average molecular weight is 442 g/mol. The van der Waals surface area contributed by atoms with Crippen molar-refractivity contribution < 1.29 is 26.6 Å². The lowest BCUT2D eigenvalue weighted by Gasteiger charge is -2.30. The van der Waals surface area contributed by atoms with Crippen LogP contribution in [-0.4, -0.2) is 44.6 Å². The molecule has 29 heavy (non-hydrogen) atoms. The number of carbonyl (C=O) groups excluding carboxylic acids is 2. The van der Waals surface area contributed by atoms with Crippen molar-refractivity contribution in [3.05, 3.63) is 36.1 Å². The molecule has 1 atom stereocenters. The van der Waals surface area contributed by atoms with Crippen LogP contribution in [0.15, 0.2) is 34.5 Å². The van der Waals surface area contributed by atoms with Gasteiger partial charge < -0.3 is 21.7 Å². The topological polar surface area (TPSA) is 145 Å². The summed E-state index contributed by atoms with van der Waals surface area (Å²) in [6, 6.07) is 5.36. The van der Waals surface area contributed by atoms with E-state index >= 15 is 0 Å². The summed E-state index contributed by atoms with van der Waals surface area (Å²) < 4.78 is 44.3. The number of likely N-dealkylation sites (tertiary alicyclic amines) is 1. The van der Waals surface area contributed by atoms with Gasteiger partial charge in [-0.15, -0.1) is 11.3 Å². The molecule has 1 aliphatic rings. The van der Waals surface area contributed by atoms with Gasteiger partial charge in [0.2, 0.25) is 0 Å². The maximum atomic E-state index is 13.5. The minimum atomic E-state index is -4.31. The van der Waals surface area contributed by atoms with E-state index < -0.39 is 34.1 Å². The summed E-state index contributed by atoms with van der Waals surface area (Å²) in [5.41, 5.74) is 10.8. The molecule has 1 aliphatic heterocycles. The van der Waals surface area contributed by atoms with Crippen LogP contribution >= 0.6 is 11.3 Å². The minimum Gasteiger partial charge on any atom is -0.351 e. The van der Waals surface area contributed by atoms with Gasteiger partial charge in [-0.1, -0.05) is 12.1 Å². The summed E-state index contributed by atoms with van der Waals surface area (Å²) in [6.07, 6.45) is 0.181. The molecule has 5 N–H and O–H groups in total. The first kappa shape index (κ1) is 21.0. The third-order valence-electron chi connectivity index (χ3n) is 4.24. The van der Waals surface area contributed by atoms with Gasteiger partial charge in [-0.05, 0) is 36.6 Å². The van der Waals surface area contributed by atoms with Gasteiger partial charge in [0.15, 0.2) is 4.21 Å². The average Bonchev–Trinajstić information content (AvgIpc) is 3.05. The van der Waals surface area contributed by atoms with Gasteiger partial charge in [0.1, 0.15) is 5.82 Å². The number of piperidine rings is 1. The number of carbonyl (C=O) groups is 2. The van der Waals surface area contributed by atoms with E-state index in [2.05, 4.69) is 5.32 Å². The number of nitrogens with two attached hydrogens (primary N) is 2. The van der Waals surface area contributed by atoms with Crippen LogP contribution in [-0.2, 0) is 14.3 Å². The Bertz CT molecular complexity index is 1040. The fourth-order valence-corrected chi connectivity index (χ4v) is 5.62. The highest BCUT2D eigenvalue weighted by Gasteiger charge is 2.31. The highest BCUT2D eigenvalue weighted by Crippen LogP contribution is 2.39. The third kappa shape index (κ3) is 5.02. The molecule has 0 spiro atoms. The zero-order valence-electron chi connectivity index (χ0n) is 15.1. The number of thiophene rings is 1. The molecule has 12 heteroatoms. The normalized spacial score (nSPS) is 17.1. The molecule has 2 aromatic rings. The molecular formula is C17H19FN4O5S2. The van der Waals surface area contributed by atoms with Crippen LogP contribution in [0, 0.1) is 5.82 Å². The number of hydrogen-bond acceptors (Lipinski definition) is 6. The molecule has 156 valence electrons. The van der Waals surface area contributed by atoms with Crippen LogP contribution in [0.5, 0.6) is 0 Å². The van der Waals surface area contributed by atoms with E-state index in [9.17, 15) is 22.4 Å². The van der Waals surface area contributed by atoms with E-state index in [0.717, 1.165) is 11.3 Å². The molecule has 0 bridgehead atoms. The number of nitrogens with zero attached hydrogens (tertiary/aromatic N) is 1. The van der Waals surface area contributed by atoms with Gasteiger partial charge in [0.05, 0.1) is 18.3 Å². The minimum absolute atomic E-state index is 0.0370. The molecule has 1 saturated heterocycles. The van der Waals surface area contributed by atoms with Gasteiger partial charge in [0, 0.05) is 11.4 Å². The van der Waals surface area contributed by atoms with E-state index in [-0.39, 0.29) is 16.4 Å². The van der Waals surface area contributed by atoms with Crippen molar-refractivity contribution in [1.82, 2.24) is 4.90 Å². The number of urea groups is 2. The lowest BCUT2D eigenvalue weighted by molar-refractivity contribution is 0.110. The van der Waals surface area contributed by atoms with Crippen molar-refractivity contribution in [2.45, 2.75) is 23.2 Å². The summed E-state index contributed by atoms with van der Waals surface area (Å²) >= 11 is 0.811. The number of amides is 4. The summed E-state index contributed by atoms with van der Waals surface area (Å²) in [5, 5.41) is 2.26. The first-order valence-electron chi connectivity index (χ1n) is 8.59. The standard InChI is InChI=1S/C17H19FN4O5S2/c18-11-4-1-3-10(7-11)14-8-13(21-16(19)23)15(28-14)29(25,26)27-12-5-2-6-22(9-12)17(20)24/h1,3-4,7-8,12H,2,5-6,9H2,(H2,20,24)(H3,19,21,23). The SMILES string of the molecule is NC(=O)Nc1cc(-c2cccc(F)c2)sc1S(=O)(=O)OC1CCCN(C(N)=O)C1. The Morgan fingerprint density at radius 1 is 1.28 bits per heavy atom. The number of benzene rings is 1. The monoisotopic (exact) mass is 442 g/mol. The van der Waals surface area contributed by atoms with Crippen LogP contribution in [0.25, 0.3) is 10.4 Å². The Balaban J connectivity index is 1.92. The number of anilines is 1. The molecule has 1 unspecified atom stereocenters. The first-order valence-corrected chi connectivity index (χ1v) is 10.8. The molecule has 3 rings (SSSR count). The molecule has 1 fully saturated rings. The van der Waals surface area contributed by atoms with Crippen LogP contribution < -0.4 is 16.8 Å². The fraction of sp³-hybridized carbons (Fsp3) is 0.294. The Kier molecular flexibility index (Phi) is 6.05. The Hall–Kier alpha value is -2.70. The summed E-state index contributed by atoms with van der Waals surface area (Å²) in [7, 11) is -4.31. The van der Waals surface area contributed by atoms with Gasteiger partial charge in [-0.2, -0.15) is 8.42 Å². The second-order valence-corrected chi connectivity index (χ2v) is 9.23. The highest BCUT2D eigenvalue weighted by molar-refractivity contribution is 7.89. The number of nitrogens with one attached hydrogen (secondary N) is 1. The molecule has 0 aliphatic carbocycles. The lowest BCUT2D eigenvalue weighted by atomic mass is 10.1. The largest absolute Gasteiger partial charge is 0.351 e. The number of primary amides is 2. The Labute approximate surface area is 170 Å². The van der Waals surface area contributed by atoms with E-state index in [1.165, 1.54) is 29.2 Å². The molecule has 0 saturated carbocycles. The maximum absolute atomic E-state index is 13.5. The van der Waals surface area contributed by atoms with Crippen LogP contribution in [0.3, 0.4) is 0 Å². The molecular weight excluding hydrogens is 423 g/mol. The van der Waals surface area contributed by atoms with E-state index in [4.69, 9.17) is 15.7 Å². The molecule has 2 heterocycles. The van der Waals surface area contributed by atoms with Crippen molar-refractivity contribution in [3.63, 3.8) is 0 Å². The van der Waals surface area contributed by atoms with Crippen LogP contribution in [0.4, 0.5) is 19.7 Å². The zero-order chi connectivity index (χ0) is 21.2. The van der Waals surface area contributed by atoms with Crippen molar-refractivity contribution in [2.24, 2.45) is 11.5 Å². The van der Waals surface area contributed by atoms with Crippen molar-refractivity contribution in [3.8, 4) is 10.4 Å². The Morgan fingerprint density at radius 3 is 2.69 bits per heavy atom. The second kappa shape index (κ2) is 8.35. The predicted octanol–water partition coefficient (Wildman–Crippen LogP) is 2.29. The number of hydrogen-bond donors (Lipinski definition) is 3. The zero-order valence-corrected chi connectivity index (χ0v) is 16.8. The lowest BCUT2D eigenvalue weighted by Crippen LogP contribution is -2.46. The fourth-order valence-electron chi connectivity index (χ4n) is 3.00. The van der Waals surface area contributed by atoms with Gasteiger partial charge in [0.25, 0.3) is 0 Å². The Morgan fingerprint density at radius 2 is 2.03 bits per heavy atom. The molecule has 9 nitrogen and oxygen atoms in total. The van der Waals surface area contributed by atoms with Crippen molar-refractivity contribution in [2.75, 3.05) is 18.4 Å². The summed E-state index contributed by atoms with van der Waals surface area (Å²) in [4.78, 5) is 24.4. The van der Waals surface area contributed by atoms with Crippen molar-refractivity contribution >= 4 is 39.2 Å². The molecule has 1 aromatic heterocycles. The molecule has 4 amide bonds. The second-order valence-electron chi connectivity index (χ2n) is 6.41. The summed E-state index contributed by atoms with van der Waals surface area (Å²) in [6.45, 7) is 0.460. The third-order valence-corrected chi connectivity index (χ3v) is 7.29. The maximum Gasteiger partial charge on any atom is 0.316 e. The van der Waals surface area contributed by atoms with Gasteiger partial charge >= 0.3 is 22.2 Å². The number of rotatable bonds is 5. The quantitative estimate of drug-likeness (QED) is 0.608. The first-order chi connectivity index (χ1) is 13.7. The van der Waals surface area contributed by atoms with Gasteiger partial charge in [-0.25, -0.2) is 14.0 Å². The molecule has 1 aromatic carbocycles. The highest BCUT2D eigenvalue weighted by atomic mass is 32.3. The van der Waals surface area contributed by atoms with E-state index in [1.54, 1.807) is 6.07 Å². The van der Waals surface area contributed by atoms with Gasteiger partial charge in [-0.3, -0.25) is 4.18 Å². The predicted molar refractivity (Wildman–Crippen MR) is 105 cm³/mol. The van der Waals surface area contributed by atoms with Crippen LogP contribution in [0.2, 0.25) is 0 Å². The van der Waals surface area contributed by atoms with Crippen LogP contribution in [0.1, 0.15) is 12.8 Å². The van der Waals surface area contributed by atoms with E-state index in [1.807, 2.05) is 0 Å². The smallest absolute Gasteiger partial charge is 0.316 e. The summed E-state index contributed by atoms with van der Waals surface area (Å²) in [5.74, 6) is -0.491. The molecule has 0 radical (unpaired) electrons. The van der Waals surface area contributed by atoms with E-state index in [0.29, 0.717) is 29.8 Å². The van der Waals surface area contributed by atoms with Crippen molar-refractivity contribution in [1.29, 1.82) is 0 Å².